The number of nitrogens with one attached hydrogen (secondary N) is 1. The van der Waals surface area contributed by atoms with Crippen molar-refractivity contribution in [3.8, 4) is 0 Å². The van der Waals surface area contributed by atoms with Crippen molar-refractivity contribution in [1.29, 1.82) is 0 Å². The van der Waals surface area contributed by atoms with E-state index >= 15 is 0 Å². The van der Waals surface area contributed by atoms with Crippen molar-refractivity contribution < 1.29 is 13.2 Å². The molecule has 1 fully saturated rings. The molecule has 7 nitrogen and oxygen atoms in total. The zero-order valence-corrected chi connectivity index (χ0v) is 17.9. The van der Waals surface area contributed by atoms with Gasteiger partial charge in [0.1, 0.15) is 10.0 Å². The number of amides is 1. The molecule has 0 atom stereocenters. The second-order valence-corrected chi connectivity index (χ2v) is 10.6. The molecule has 0 saturated carbocycles. The van der Waals surface area contributed by atoms with Crippen molar-refractivity contribution >= 4 is 38.3 Å². The molecule has 2 aromatic heterocycles. The lowest BCUT2D eigenvalue weighted by Crippen LogP contribution is -2.35. The third-order valence-corrected chi connectivity index (χ3v) is 8.57. The van der Waals surface area contributed by atoms with Gasteiger partial charge in [-0.05, 0) is 37.1 Å². The molecule has 3 heterocycles. The number of aromatic nitrogens is 2. The Bertz CT molecular complexity index is 1080. The third kappa shape index (κ3) is 4.36. The van der Waals surface area contributed by atoms with Gasteiger partial charge in [0.2, 0.25) is 5.91 Å². The minimum Gasteiger partial charge on any atom is -0.340 e. The Kier molecular flexibility index (Phi) is 5.71. The Morgan fingerprint density at radius 2 is 1.93 bits per heavy atom. The number of rotatable bonds is 6. The van der Waals surface area contributed by atoms with Crippen LogP contribution in [0.15, 0.2) is 40.6 Å². The first-order chi connectivity index (χ1) is 13.9. The van der Waals surface area contributed by atoms with E-state index in [9.17, 15) is 13.2 Å². The summed E-state index contributed by atoms with van der Waals surface area (Å²) < 4.78 is 27.4. The number of nitrogens with zero attached hydrogens (tertiary/aromatic N) is 3. The van der Waals surface area contributed by atoms with Crippen LogP contribution in [0.1, 0.15) is 30.0 Å². The summed E-state index contributed by atoms with van der Waals surface area (Å²) in [6.07, 6.45) is 3.07. The molecule has 0 spiro atoms. The fraction of sp³-hybridized carbons (Fsp3) is 0.400. The van der Waals surface area contributed by atoms with Crippen LogP contribution in [0, 0.1) is 0 Å². The maximum absolute atomic E-state index is 12.8. The summed E-state index contributed by atoms with van der Waals surface area (Å²) in [7, 11) is -1.72. The SMILES string of the molecule is CN(Cc1nc2ccccc2[nH]1)C(=O)Cc1ccc(S(=O)(=O)N2CCCCC2)s1. The number of para-hydroxylation sites is 2. The molecular formula is C20H24N4O3S2. The van der Waals surface area contributed by atoms with Gasteiger partial charge in [-0.2, -0.15) is 4.31 Å². The first-order valence-electron chi connectivity index (χ1n) is 9.70. The Morgan fingerprint density at radius 1 is 1.17 bits per heavy atom. The number of aromatic amines is 1. The summed E-state index contributed by atoms with van der Waals surface area (Å²) in [4.78, 5) is 22.7. The summed E-state index contributed by atoms with van der Waals surface area (Å²) in [5.74, 6) is 0.649. The van der Waals surface area contributed by atoms with E-state index in [0.717, 1.165) is 41.0 Å². The molecule has 1 aliphatic rings. The van der Waals surface area contributed by atoms with Crippen molar-refractivity contribution in [2.45, 2.75) is 36.4 Å². The van der Waals surface area contributed by atoms with Crippen LogP contribution in [-0.4, -0.2) is 53.6 Å². The number of sulfonamides is 1. The van der Waals surface area contributed by atoms with Gasteiger partial charge in [0.25, 0.3) is 10.0 Å². The molecule has 1 aliphatic heterocycles. The summed E-state index contributed by atoms with van der Waals surface area (Å²) in [5.41, 5.74) is 1.81. The molecule has 29 heavy (non-hydrogen) atoms. The molecule has 3 aromatic rings. The Hall–Kier alpha value is -2.23. The molecule has 1 N–H and O–H groups in total. The predicted molar refractivity (Wildman–Crippen MR) is 113 cm³/mol. The highest BCUT2D eigenvalue weighted by Crippen LogP contribution is 2.27. The normalized spacial score (nSPS) is 15.6. The molecule has 9 heteroatoms. The number of carbonyl (C=O) groups excluding carboxylic acids is 1. The van der Waals surface area contributed by atoms with E-state index in [-0.39, 0.29) is 12.3 Å². The average molecular weight is 433 g/mol. The van der Waals surface area contributed by atoms with Crippen LogP contribution in [-0.2, 0) is 27.8 Å². The number of thiophene rings is 1. The summed E-state index contributed by atoms with van der Waals surface area (Å²) >= 11 is 1.19. The van der Waals surface area contributed by atoms with Crippen LogP contribution in [0.5, 0.6) is 0 Å². The number of piperidine rings is 1. The third-order valence-electron chi connectivity index (χ3n) is 5.12. The molecule has 0 bridgehead atoms. The lowest BCUT2D eigenvalue weighted by Gasteiger charge is -2.25. The molecule has 4 rings (SSSR count). The number of fused-ring (bicyclic) bond motifs is 1. The van der Waals surface area contributed by atoms with Gasteiger partial charge in [-0.25, -0.2) is 13.4 Å². The molecule has 0 unspecified atom stereocenters. The molecule has 0 aliphatic carbocycles. The minimum absolute atomic E-state index is 0.0748. The van der Waals surface area contributed by atoms with E-state index in [1.807, 2.05) is 24.3 Å². The first kappa shape index (κ1) is 20.1. The van der Waals surface area contributed by atoms with Crippen molar-refractivity contribution in [2.24, 2.45) is 0 Å². The van der Waals surface area contributed by atoms with Crippen LogP contribution in [0.25, 0.3) is 11.0 Å². The fourth-order valence-corrected chi connectivity index (χ4v) is 6.52. The Labute approximate surface area is 174 Å². The quantitative estimate of drug-likeness (QED) is 0.649. The van der Waals surface area contributed by atoms with Gasteiger partial charge in [0, 0.05) is 25.0 Å². The molecular weight excluding hydrogens is 408 g/mol. The monoisotopic (exact) mass is 432 g/mol. The Morgan fingerprint density at radius 3 is 2.69 bits per heavy atom. The van der Waals surface area contributed by atoms with E-state index in [1.54, 1.807) is 28.4 Å². The standard InChI is InChI=1S/C20H24N4O3S2/c1-23(14-18-21-16-7-3-4-8-17(16)22-18)19(25)13-15-9-10-20(28-15)29(26,27)24-11-5-2-6-12-24/h3-4,7-10H,2,5-6,11-14H2,1H3,(H,21,22). The molecule has 1 aromatic carbocycles. The largest absolute Gasteiger partial charge is 0.340 e. The molecule has 1 amide bonds. The number of likely N-dealkylation sites (N-methyl/N-ethyl adjacent to an activating group) is 1. The number of H-pyrrole nitrogens is 1. The highest BCUT2D eigenvalue weighted by atomic mass is 32.2. The van der Waals surface area contributed by atoms with Crippen molar-refractivity contribution in [3.63, 3.8) is 0 Å². The summed E-state index contributed by atoms with van der Waals surface area (Å²) in [6.45, 7) is 1.53. The van der Waals surface area contributed by atoms with Crippen LogP contribution in [0.3, 0.4) is 0 Å². The smallest absolute Gasteiger partial charge is 0.252 e. The fourth-order valence-electron chi connectivity index (χ4n) is 3.50. The minimum atomic E-state index is -3.45. The number of imidazole rings is 1. The first-order valence-corrected chi connectivity index (χ1v) is 12.0. The Balaban J connectivity index is 1.40. The van der Waals surface area contributed by atoms with Gasteiger partial charge in [-0.1, -0.05) is 18.6 Å². The summed E-state index contributed by atoms with van der Waals surface area (Å²) in [5, 5.41) is 0. The van der Waals surface area contributed by atoms with Crippen LogP contribution in [0.4, 0.5) is 0 Å². The summed E-state index contributed by atoms with van der Waals surface area (Å²) in [6, 6.07) is 11.1. The van der Waals surface area contributed by atoms with Crippen molar-refractivity contribution in [2.75, 3.05) is 20.1 Å². The topological polar surface area (TPSA) is 86.4 Å². The van der Waals surface area contributed by atoms with Crippen LogP contribution < -0.4 is 0 Å². The zero-order valence-electron chi connectivity index (χ0n) is 16.3. The number of hydrogen-bond acceptors (Lipinski definition) is 5. The number of hydrogen-bond donors (Lipinski definition) is 1. The van der Waals surface area contributed by atoms with Gasteiger partial charge in [-0.3, -0.25) is 4.79 Å². The van der Waals surface area contributed by atoms with Gasteiger partial charge in [-0.15, -0.1) is 11.3 Å². The second kappa shape index (κ2) is 8.25. The maximum atomic E-state index is 12.8. The van der Waals surface area contributed by atoms with E-state index in [1.165, 1.54) is 11.3 Å². The number of benzene rings is 1. The lowest BCUT2D eigenvalue weighted by molar-refractivity contribution is -0.129. The molecule has 0 radical (unpaired) electrons. The number of carbonyl (C=O) groups is 1. The predicted octanol–water partition coefficient (Wildman–Crippen LogP) is 3.00. The zero-order chi connectivity index (χ0) is 20.4. The highest BCUT2D eigenvalue weighted by molar-refractivity contribution is 7.91. The molecule has 1 saturated heterocycles. The van der Waals surface area contributed by atoms with E-state index < -0.39 is 10.0 Å². The highest BCUT2D eigenvalue weighted by Gasteiger charge is 2.27. The second-order valence-electron chi connectivity index (χ2n) is 7.31. The van der Waals surface area contributed by atoms with Gasteiger partial charge < -0.3 is 9.88 Å². The lowest BCUT2D eigenvalue weighted by atomic mass is 10.2. The van der Waals surface area contributed by atoms with E-state index in [4.69, 9.17) is 0 Å². The van der Waals surface area contributed by atoms with Crippen molar-refractivity contribution in [3.05, 3.63) is 47.1 Å². The average Bonchev–Trinajstić information content (AvgIpc) is 3.35. The molecule has 154 valence electrons. The van der Waals surface area contributed by atoms with Gasteiger partial charge in [0.05, 0.1) is 24.0 Å². The van der Waals surface area contributed by atoms with Crippen LogP contribution >= 0.6 is 11.3 Å². The van der Waals surface area contributed by atoms with Crippen molar-refractivity contribution in [1.82, 2.24) is 19.2 Å². The van der Waals surface area contributed by atoms with Crippen LogP contribution in [0.2, 0.25) is 0 Å². The van der Waals surface area contributed by atoms with Gasteiger partial charge in [0.15, 0.2) is 0 Å². The maximum Gasteiger partial charge on any atom is 0.252 e. The van der Waals surface area contributed by atoms with E-state index in [2.05, 4.69) is 9.97 Å². The van der Waals surface area contributed by atoms with E-state index in [0.29, 0.717) is 23.8 Å². The van der Waals surface area contributed by atoms with Gasteiger partial charge >= 0.3 is 0 Å².